The molecule has 1 fully saturated rings. The number of benzene rings is 2. The number of nitrogens with zero attached hydrogens (tertiary/aromatic N) is 3. The molecule has 0 spiro atoms. The third-order valence-corrected chi connectivity index (χ3v) is 5.42. The highest BCUT2D eigenvalue weighted by molar-refractivity contribution is 6.30. The van der Waals surface area contributed by atoms with E-state index in [0.717, 1.165) is 0 Å². The third kappa shape index (κ3) is 4.55. The van der Waals surface area contributed by atoms with Crippen molar-refractivity contribution >= 4 is 34.8 Å². The zero-order valence-electron chi connectivity index (χ0n) is 17.4. The predicted molar refractivity (Wildman–Crippen MR) is 119 cm³/mol. The lowest BCUT2D eigenvalue weighted by Gasteiger charge is -2.17. The van der Waals surface area contributed by atoms with Crippen LogP contribution in [-0.4, -0.2) is 28.3 Å². The molecular weight excluding hydrogens is 435 g/mol. The molecule has 7 nitrogen and oxygen atoms in total. The molecule has 4 rings (SSSR count). The molecule has 2 heterocycles. The first-order chi connectivity index (χ1) is 15.3. The van der Waals surface area contributed by atoms with E-state index < -0.39 is 11.7 Å². The lowest BCUT2D eigenvalue weighted by atomic mass is 10.1. The Morgan fingerprint density at radius 3 is 2.44 bits per heavy atom. The van der Waals surface area contributed by atoms with Crippen LogP contribution in [-0.2, 0) is 9.59 Å². The van der Waals surface area contributed by atoms with Gasteiger partial charge in [-0.3, -0.25) is 9.59 Å². The molecule has 1 aliphatic heterocycles. The number of carbonyl (C=O) groups is 2. The van der Waals surface area contributed by atoms with Gasteiger partial charge in [-0.1, -0.05) is 23.7 Å². The van der Waals surface area contributed by atoms with E-state index in [1.807, 2.05) is 0 Å². The van der Waals surface area contributed by atoms with Gasteiger partial charge in [0.25, 0.3) is 0 Å². The van der Waals surface area contributed by atoms with Crippen LogP contribution >= 0.6 is 11.6 Å². The molecule has 3 aromatic rings. The number of ether oxygens (including phenoxy) is 1. The van der Waals surface area contributed by atoms with Crippen LogP contribution in [0.4, 0.5) is 15.8 Å². The Morgan fingerprint density at radius 2 is 1.78 bits per heavy atom. The molecule has 1 N–H and O–H groups in total. The summed E-state index contributed by atoms with van der Waals surface area (Å²) in [7, 11) is 0. The topological polar surface area (TPSA) is 84.4 Å². The van der Waals surface area contributed by atoms with Crippen molar-refractivity contribution in [1.82, 2.24) is 9.97 Å². The van der Waals surface area contributed by atoms with Crippen LogP contribution in [0.5, 0.6) is 11.8 Å². The fraction of sp³-hybridized carbons (Fsp3) is 0.217. The molecule has 0 bridgehead atoms. The van der Waals surface area contributed by atoms with E-state index in [-0.39, 0.29) is 36.5 Å². The van der Waals surface area contributed by atoms with Crippen molar-refractivity contribution in [1.29, 1.82) is 0 Å². The number of nitrogens with one attached hydrogen (secondary N) is 1. The van der Waals surface area contributed by atoms with Crippen LogP contribution in [0.1, 0.15) is 17.8 Å². The Morgan fingerprint density at radius 1 is 1.12 bits per heavy atom. The Labute approximate surface area is 189 Å². The van der Waals surface area contributed by atoms with Gasteiger partial charge < -0.3 is 15.0 Å². The zero-order chi connectivity index (χ0) is 22.8. The molecule has 32 heavy (non-hydrogen) atoms. The van der Waals surface area contributed by atoms with Gasteiger partial charge in [-0.25, -0.2) is 4.39 Å². The number of hydrogen-bond acceptors (Lipinski definition) is 5. The van der Waals surface area contributed by atoms with Gasteiger partial charge in [0.1, 0.15) is 0 Å². The number of anilines is 2. The highest BCUT2D eigenvalue weighted by Gasteiger charge is 2.35. The fourth-order valence-corrected chi connectivity index (χ4v) is 3.64. The van der Waals surface area contributed by atoms with Gasteiger partial charge in [0.2, 0.25) is 11.8 Å². The van der Waals surface area contributed by atoms with Crippen LogP contribution in [0.15, 0.2) is 48.5 Å². The van der Waals surface area contributed by atoms with Crippen molar-refractivity contribution in [3.63, 3.8) is 0 Å². The standard InChI is InChI=1S/C23H20ClFN4O3/c1-13-21(14(2)27-23(26-13)32-19-6-4-3-5-18(19)25)28-22(31)15-11-20(30)29(12-15)17-9-7-16(24)8-10-17/h3-10,15H,11-12H2,1-2H3,(H,28,31). The van der Waals surface area contributed by atoms with E-state index in [0.29, 0.717) is 27.8 Å². The number of halogens is 2. The number of aromatic nitrogens is 2. The van der Waals surface area contributed by atoms with Crippen LogP contribution in [0.25, 0.3) is 0 Å². The molecule has 1 unspecified atom stereocenters. The van der Waals surface area contributed by atoms with E-state index >= 15 is 0 Å². The van der Waals surface area contributed by atoms with Gasteiger partial charge >= 0.3 is 6.01 Å². The molecule has 2 aromatic carbocycles. The van der Waals surface area contributed by atoms with Crippen molar-refractivity contribution < 1.29 is 18.7 Å². The van der Waals surface area contributed by atoms with Gasteiger partial charge in [-0.15, -0.1) is 0 Å². The summed E-state index contributed by atoms with van der Waals surface area (Å²) in [5.74, 6) is -1.47. The van der Waals surface area contributed by atoms with Crippen molar-refractivity contribution in [3.8, 4) is 11.8 Å². The van der Waals surface area contributed by atoms with Gasteiger partial charge in [0, 0.05) is 23.7 Å². The maximum absolute atomic E-state index is 13.8. The smallest absolute Gasteiger partial charge is 0.322 e. The Hall–Kier alpha value is -3.52. The first-order valence-electron chi connectivity index (χ1n) is 9.96. The number of amides is 2. The first kappa shape index (κ1) is 21.7. The molecule has 1 aromatic heterocycles. The van der Waals surface area contributed by atoms with E-state index in [9.17, 15) is 14.0 Å². The summed E-state index contributed by atoms with van der Waals surface area (Å²) in [5, 5.41) is 3.40. The molecule has 164 valence electrons. The summed E-state index contributed by atoms with van der Waals surface area (Å²) < 4.78 is 19.3. The highest BCUT2D eigenvalue weighted by atomic mass is 35.5. The number of aryl methyl sites for hydroxylation is 2. The van der Waals surface area contributed by atoms with Crippen molar-refractivity contribution in [2.75, 3.05) is 16.8 Å². The van der Waals surface area contributed by atoms with E-state index in [1.165, 1.54) is 12.1 Å². The van der Waals surface area contributed by atoms with E-state index in [4.69, 9.17) is 16.3 Å². The minimum atomic E-state index is -0.528. The van der Waals surface area contributed by atoms with Crippen molar-refractivity contribution in [2.24, 2.45) is 5.92 Å². The number of carbonyl (C=O) groups excluding carboxylic acids is 2. The molecule has 0 saturated carbocycles. The maximum Gasteiger partial charge on any atom is 0.322 e. The lowest BCUT2D eigenvalue weighted by Crippen LogP contribution is -2.28. The summed E-state index contributed by atoms with van der Waals surface area (Å²) >= 11 is 5.91. The second-order valence-electron chi connectivity index (χ2n) is 7.46. The van der Waals surface area contributed by atoms with Crippen LogP contribution in [0.3, 0.4) is 0 Å². The third-order valence-electron chi connectivity index (χ3n) is 5.17. The summed E-state index contributed by atoms with van der Waals surface area (Å²) in [4.78, 5) is 35.4. The zero-order valence-corrected chi connectivity index (χ0v) is 18.2. The van der Waals surface area contributed by atoms with Crippen LogP contribution < -0.4 is 15.0 Å². The quantitative estimate of drug-likeness (QED) is 0.605. The largest absolute Gasteiger partial charge is 0.421 e. The summed E-state index contributed by atoms with van der Waals surface area (Å²) in [6, 6.07) is 12.8. The Bertz CT molecular complexity index is 1160. The molecule has 1 saturated heterocycles. The average molecular weight is 455 g/mol. The lowest BCUT2D eigenvalue weighted by molar-refractivity contribution is -0.122. The molecule has 1 atom stereocenters. The molecule has 1 aliphatic rings. The van der Waals surface area contributed by atoms with E-state index in [1.54, 1.807) is 55.1 Å². The van der Waals surface area contributed by atoms with Gasteiger partial charge in [-0.2, -0.15) is 9.97 Å². The fourth-order valence-electron chi connectivity index (χ4n) is 3.52. The summed E-state index contributed by atoms with van der Waals surface area (Å²) in [6.07, 6.45) is 0.0991. The summed E-state index contributed by atoms with van der Waals surface area (Å²) in [6.45, 7) is 3.65. The van der Waals surface area contributed by atoms with Gasteiger partial charge in [0.15, 0.2) is 11.6 Å². The normalized spacial score (nSPS) is 15.7. The molecule has 9 heteroatoms. The maximum atomic E-state index is 13.8. The Balaban J connectivity index is 1.47. The average Bonchev–Trinajstić information content (AvgIpc) is 3.14. The number of para-hydroxylation sites is 1. The SMILES string of the molecule is Cc1nc(Oc2ccccc2F)nc(C)c1NC(=O)C1CC(=O)N(c2ccc(Cl)cc2)C1. The predicted octanol–water partition coefficient (Wildman–Crippen LogP) is 4.67. The monoisotopic (exact) mass is 454 g/mol. The highest BCUT2D eigenvalue weighted by Crippen LogP contribution is 2.29. The minimum absolute atomic E-state index is 0.00912. The number of rotatable bonds is 5. The minimum Gasteiger partial charge on any atom is -0.421 e. The molecule has 2 amide bonds. The van der Waals surface area contributed by atoms with Crippen molar-refractivity contribution in [2.45, 2.75) is 20.3 Å². The van der Waals surface area contributed by atoms with Gasteiger partial charge in [0.05, 0.1) is 23.0 Å². The molecule has 0 aliphatic carbocycles. The van der Waals surface area contributed by atoms with Gasteiger partial charge in [-0.05, 0) is 50.2 Å². The van der Waals surface area contributed by atoms with Crippen molar-refractivity contribution in [3.05, 3.63) is 70.8 Å². The molecule has 0 radical (unpaired) electrons. The van der Waals surface area contributed by atoms with E-state index in [2.05, 4.69) is 15.3 Å². The Kier molecular flexibility index (Phi) is 6.05. The second kappa shape index (κ2) is 8.92. The first-order valence-corrected chi connectivity index (χ1v) is 10.3. The van der Waals surface area contributed by atoms with Crippen LogP contribution in [0, 0.1) is 25.6 Å². The van der Waals surface area contributed by atoms with Crippen LogP contribution in [0.2, 0.25) is 5.02 Å². The number of hydrogen-bond donors (Lipinski definition) is 1. The summed E-state index contributed by atoms with van der Waals surface area (Å²) in [5.41, 5.74) is 2.07. The second-order valence-corrected chi connectivity index (χ2v) is 7.89. The molecular formula is C23H20ClFN4O3.